The average molecular weight is 489 g/mol. The molecular formula is C26H31F3N4O2. The molecule has 0 saturated heterocycles. The summed E-state index contributed by atoms with van der Waals surface area (Å²) in [7, 11) is 0. The SMILES string of the molecule is CCCCCCOc1cccc(Nc2nc(Nc3ccc(OCCC)cc3)ncc2C(F)(F)F)c1. The minimum absolute atomic E-state index is 0.0334. The summed E-state index contributed by atoms with van der Waals surface area (Å²) in [6.45, 7) is 5.32. The van der Waals surface area contributed by atoms with Gasteiger partial charge in [-0.1, -0.05) is 39.2 Å². The van der Waals surface area contributed by atoms with E-state index in [1.54, 1.807) is 48.5 Å². The van der Waals surface area contributed by atoms with E-state index in [-0.39, 0.29) is 11.8 Å². The molecule has 0 aliphatic heterocycles. The fraction of sp³-hybridized carbons (Fsp3) is 0.385. The minimum atomic E-state index is -4.62. The lowest BCUT2D eigenvalue weighted by Crippen LogP contribution is -2.12. The Morgan fingerprint density at radius 3 is 2.29 bits per heavy atom. The largest absolute Gasteiger partial charge is 0.494 e. The molecule has 0 amide bonds. The van der Waals surface area contributed by atoms with Crippen molar-refractivity contribution in [3.63, 3.8) is 0 Å². The highest BCUT2D eigenvalue weighted by Gasteiger charge is 2.35. The van der Waals surface area contributed by atoms with Gasteiger partial charge in [0.15, 0.2) is 0 Å². The van der Waals surface area contributed by atoms with Crippen LogP contribution in [0.4, 0.5) is 36.3 Å². The highest BCUT2D eigenvalue weighted by molar-refractivity contribution is 5.64. The van der Waals surface area contributed by atoms with Gasteiger partial charge in [-0.15, -0.1) is 0 Å². The summed E-state index contributed by atoms with van der Waals surface area (Å²) in [6.07, 6.45) is 1.33. The van der Waals surface area contributed by atoms with Crippen molar-refractivity contribution in [3.8, 4) is 11.5 Å². The second-order valence-corrected chi connectivity index (χ2v) is 8.01. The topological polar surface area (TPSA) is 68.3 Å². The highest BCUT2D eigenvalue weighted by atomic mass is 19.4. The molecule has 9 heteroatoms. The van der Waals surface area contributed by atoms with Crippen molar-refractivity contribution in [2.75, 3.05) is 23.8 Å². The number of anilines is 4. The summed E-state index contributed by atoms with van der Waals surface area (Å²) in [6, 6.07) is 13.9. The van der Waals surface area contributed by atoms with Gasteiger partial charge in [-0.25, -0.2) is 4.98 Å². The normalized spacial score (nSPS) is 11.2. The number of rotatable bonds is 13. The average Bonchev–Trinajstić information content (AvgIpc) is 2.83. The van der Waals surface area contributed by atoms with Gasteiger partial charge in [-0.3, -0.25) is 0 Å². The molecule has 2 N–H and O–H groups in total. The fourth-order valence-corrected chi connectivity index (χ4v) is 3.25. The first-order valence-corrected chi connectivity index (χ1v) is 11.8. The van der Waals surface area contributed by atoms with Crippen LogP contribution in [0.2, 0.25) is 0 Å². The predicted molar refractivity (Wildman–Crippen MR) is 132 cm³/mol. The first-order chi connectivity index (χ1) is 16.9. The summed E-state index contributed by atoms with van der Waals surface area (Å²) in [5.74, 6) is 0.974. The van der Waals surface area contributed by atoms with E-state index in [0.29, 0.717) is 36.1 Å². The third kappa shape index (κ3) is 8.35. The number of nitrogens with one attached hydrogen (secondary N) is 2. The number of nitrogens with zero attached hydrogens (tertiary/aromatic N) is 2. The Morgan fingerprint density at radius 1 is 0.800 bits per heavy atom. The van der Waals surface area contributed by atoms with Crippen LogP contribution in [0.5, 0.6) is 11.5 Å². The zero-order valence-electron chi connectivity index (χ0n) is 20.0. The number of hydrogen-bond acceptors (Lipinski definition) is 6. The Kier molecular flexibility index (Phi) is 9.57. The zero-order valence-corrected chi connectivity index (χ0v) is 20.0. The van der Waals surface area contributed by atoms with E-state index >= 15 is 0 Å². The number of ether oxygens (including phenoxy) is 2. The van der Waals surface area contributed by atoms with Crippen LogP contribution in [-0.2, 0) is 6.18 Å². The number of benzene rings is 2. The first-order valence-electron chi connectivity index (χ1n) is 11.8. The van der Waals surface area contributed by atoms with Crippen molar-refractivity contribution in [2.24, 2.45) is 0 Å². The number of unbranched alkanes of at least 4 members (excludes halogenated alkanes) is 3. The van der Waals surface area contributed by atoms with Gasteiger partial charge >= 0.3 is 6.18 Å². The van der Waals surface area contributed by atoms with E-state index in [1.165, 1.54) is 0 Å². The summed E-state index contributed by atoms with van der Waals surface area (Å²) in [5.41, 5.74) is 0.0962. The Balaban J connectivity index is 1.74. The molecule has 1 aromatic heterocycles. The second-order valence-electron chi connectivity index (χ2n) is 8.01. The van der Waals surface area contributed by atoms with Crippen LogP contribution in [0, 0.1) is 0 Å². The summed E-state index contributed by atoms with van der Waals surface area (Å²) >= 11 is 0. The maximum Gasteiger partial charge on any atom is 0.421 e. The van der Waals surface area contributed by atoms with Crippen molar-refractivity contribution < 1.29 is 22.6 Å². The van der Waals surface area contributed by atoms with Crippen molar-refractivity contribution in [3.05, 3.63) is 60.3 Å². The van der Waals surface area contributed by atoms with Gasteiger partial charge in [0.1, 0.15) is 22.9 Å². The van der Waals surface area contributed by atoms with E-state index in [4.69, 9.17) is 9.47 Å². The molecule has 3 rings (SSSR count). The molecule has 0 spiro atoms. The molecule has 2 aromatic carbocycles. The molecule has 0 aliphatic carbocycles. The van der Waals surface area contributed by atoms with Gasteiger partial charge in [0.25, 0.3) is 0 Å². The molecule has 0 atom stereocenters. The lowest BCUT2D eigenvalue weighted by atomic mass is 10.2. The van der Waals surface area contributed by atoms with Crippen LogP contribution >= 0.6 is 0 Å². The number of halogens is 3. The second kappa shape index (κ2) is 12.8. The molecule has 3 aromatic rings. The standard InChI is InChI=1S/C26H31F3N4O2/c1-3-5-6-7-16-35-22-10-8-9-20(17-22)31-24-23(26(27,28)29)18-30-25(33-24)32-19-11-13-21(14-12-19)34-15-4-2/h8-14,17-18H,3-7,15-16H2,1-2H3,(H2,30,31,32,33). The van der Waals surface area contributed by atoms with Gasteiger partial charge in [0, 0.05) is 23.6 Å². The van der Waals surface area contributed by atoms with Crippen molar-refractivity contribution in [2.45, 2.75) is 52.1 Å². The Hall–Kier alpha value is -3.49. The van der Waals surface area contributed by atoms with Gasteiger partial charge < -0.3 is 20.1 Å². The van der Waals surface area contributed by atoms with E-state index in [1.807, 2.05) is 6.92 Å². The summed E-state index contributed by atoms with van der Waals surface area (Å²) < 4.78 is 52.2. The highest BCUT2D eigenvalue weighted by Crippen LogP contribution is 2.35. The first kappa shape index (κ1) is 26.1. The van der Waals surface area contributed by atoms with Crippen molar-refractivity contribution in [1.82, 2.24) is 9.97 Å². The maximum atomic E-state index is 13.6. The summed E-state index contributed by atoms with van der Waals surface area (Å²) in [4.78, 5) is 7.96. The molecule has 0 unspecified atom stereocenters. The monoisotopic (exact) mass is 488 g/mol. The Morgan fingerprint density at radius 2 is 1.57 bits per heavy atom. The fourth-order valence-electron chi connectivity index (χ4n) is 3.25. The van der Waals surface area contributed by atoms with Crippen LogP contribution < -0.4 is 20.1 Å². The lowest BCUT2D eigenvalue weighted by molar-refractivity contribution is -0.137. The van der Waals surface area contributed by atoms with E-state index in [9.17, 15) is 13.2 Å². The zero-order chi connectivity index (χ0) is 25.1. The summed E-state index contributed by atoms with van der Waals surface area (Å²) in [5, 5.41) is 5.72. The van der Waals surface area contributed by atoms with Gasteiger partial charge in [-0.2, -0.15) is 18.2 Å². The van der Waals surface area contributed by atoms with Crippen LogP contribution in [0.25, 0.3) is 0 Å². The molecule has 0 fully saturated rings. The van der Waals surface area contributed by atoms with Gasteiger partial charge in [0.05, 0.1) is 13.2 Å². The molecule has 1 heterocycles. The Bertz CT molecular complexity index is 1060. The van der Waals surface area contributed by atoms with Gasteiger partial charge in [-0.05, 0) is 49.2 Å². The van der Waals surface area contributed by atoms with Crippen molar-refractivity contribution in [1.29, 1.82) is 0 Å². The minimum Gasteiger partial charge on any atom is -0.494 e. The molecule has 188 valence electrons. The smallest absolute Gasteiger partial charge is 0.421 e. The van der Waals surface area contributed by atoms with Crippen LogP contribution in [0.15, 0.2) is 54.7 Å². The molecule has 6 nitrogen and oxygen atoms in total. The number of hydrogen-bond donors (Lipinski definition) is 2. The van der Waals surface area contributed by atoms with E-state index in [2.05, 4.69) is 27.5 Å². The Labute approximate surface area is 203 Å². The van der Waals surface area contributed by atoms with E-state index < -0.39 is 11.7 Å². The molecule has 0 radical (unpaired) electrons. The third-order valence-corrected chi connectivity index (χ3v) is 5.04. The van der Waals surface area contributed by atoms with Crippen LogP contribution in [0.1, 0.15) is 51.5 Å². The number of aromatic nitrogens is 2. The van der Waals surface area contributed by atoms with Crippen molar-refractivity contribution >= 4 is 23.1 Å². The van der Waals surface area contributed by atoms with Crippen LogP contribution in [0.3, 0.4) is 0 Å². The predicted octanol–water partition coefficient (Wildman–Crippen LogP) is 7.73. The van der Waals surface area contributed by atoms with Gasteiger partial charge in [0.2, 0.25) is 5.95 Å². The molecule has 0 aliphatic rings. The molecule has 35 heavy (non-hydrogen) atoms. The third-order valence-electron chi connectivity index (χ3n) is 5.04. The van der Waals surface area contributed by atoms with Crippen LogP contribution in [-0.4, -0.2) is 23.2 Å². The molecule has 0 bridgehead atoms. The number of alkyl halides is 3. The quantitative estimate of drug-likeness (QED) is 0.240. The lowest BCUT2D eigenvalue weighted by Gasteiger charge is -2.15. The molecule has 0 saturated carbocycles. The maximum absolute atomic E-state index is 13.6. The van der Waals surface area contributed by atoms with E-state index in [0.717, 1.165) is 38.3 Å². The molecular weight excluding hydrogens is 457 g/mol.